The van der Waals surface area contributed by atoms with Crippen LogP contribution in [0.15, 0.2) is 69.9 Å². The minimum Gasteiger partial charge on any atom is -0.290 e. The molecule has 26 heavy (non-hydrogen) atoms. The molecule has 0 N–H and O–H groups in total. The van der Waals surface area contributed by atoms with Crippen LogP contribution in [-0.2, 0) is 9.59 Å². The second kappa shape index (κ2) is 6.83. The molecule has 0 heterocycles. The van der Waals surface area contributed by atoms with Crippen LogP contribution in [0, 0.1) is 10.8 Å². The first-order valence-corrected chi connectivity index (χ1v) is 9.13. The van der Waals surface area contributed by atoms with E-state index in [0.29, 0.717) is 0 Å². The highest BCUT2D eigenvalue weighted by Gasteiger charge is 2.27. The normalized spacial score (nSPS) is 22.3. The van der Waals surface area contributed by atoms with Crippen LogP contribution in [0.1, 0.15) is 55.4 Å². The van der Waals surface area contributed by atoms with Crippen molar-refractivity contribution in [3.63, 3.8) is 0 Å². The van der Waals surface area contributed by atoms with Crippen LogP contribution in [0.3, 0.4) is 0 Å². The lowest BCUT2D eigenvalue weighted by Crippen LogP contribution is -2.20. The Morgan fingerprint density at radius 1 is 0.615 bits per heavy atom. The van der Waals surface area contributed by atoms with Crippen LogP contribution in [0.4, 0.5) is 0 Å². The number of carbonyl (C=O) groups is 2. The van der Waals surface area contributed by atoms with E-state index < -0.39 is 0 Å². The lowest BCUT2D eigenvalue weighted by atomic mass is 9.78. The first-order chi connectivity index (χ1) is 11.8. The van der Waals surface area contributed by atoms with Crippen LogP contribution in [0.2, 0.25) is 0 Å². The van der Waals surface area contributed by atoms with Crippen LogP contribution in [0.25, 0.3) is 0 Å². The molecule has 0 bridgehead atoms. The van der Waals surface area contributed by atoms with E-state index in [9.17, 15) is 9.59 Å². The molecule has 0 aromatic heterocycles. The third-order valence-electron chi connectivity index (χ3n) is 4.79. The average Bonchev–Trinajstić information content (AvgIpc) is 2.45. The maximum atomic E-state index is 12.3. The first kappa shape index (κ1) is 20.1. The maximum absolute atomic E-state index is 12.3. The molecule has 0 aromatic rings. The Bertz CT molecular complexity index is 764. The zero-order valence-electron chi connectivity index (χ0n) is 17.3. The van der Waals surface area contributed by atoms with Gasteiger partial charge in [-0.15, -0.1) is 0 Å². The molecule has 0 fully saturated rings. The van der Waals surface area contributed by atoms with E-state index in [1.807, 2.05) is 38.2 Å². The standard InChI is InChI=1S/C24H30O2/c1-15-11-21(25)19(23(3,4)5)13-17(15)9-10-18-14-20(24(6,7)8)22(26)12-16(18)2/h9-14H,1-8H3/b17-9-,18-10+. The van der Waals surface area contributed by atoms with Gasteiger partial charge in [0, 0.05) is 11.1 Å². The predicted octanol–water partition coefficient (Wildman–Crippen LogP) is 5.84. The molecule has 138 valence electrons. The molecule has 2 nitrogen and oxygen atoms in total. The number of allylic oxidation sites excluding steroid dienone is 12. The van der Waals surface area contributed by atoms with Crippen molar-refractivity contribution < 1.29 is 9.59 Å². The minimum absolute atomic E-state index is 0.0917. The third-order valence-corrected chi connectivity index (χ3v) is 4.79. The summed E-state index contributed by atoms with van der Waals surface area (Å²) in [5.41, 5.74) is 5.28. The summed E-state index contributed by atoms with van der Waals surface area (Å²) >= 11 is 0. The Labute approximate surface area is 157 Å². The maximum Gasteiger partial charge on any atom is 0.182 e. The monoisotopic (exact) mass is 350 g/mol. The Kier molecular flexibility index (Phi) is 5.28. The van der Waals surface area contributed by atoms with Crippen molar-refractivity contribution in [2.75, 3.05) is 0 Å². The van der Waals surface area contributed by atoms with Crippen LogP contribution >= 0.6 is 0 Å². The molecular formula is C24H30O2. The molecule has 2 heteroatoms. The molecule has 0 radical (unpaired) electrons. The van der Waals surface area contributed by atoms with Crippen molar-refractivity contribution in [3.05, 3.63) is 69.9 Å². The molecule has 2 aliphatic rings. The second-order valence-corrected chi connectivity index (χ2v) is 9.24. The molecular weight excluding hydrogens is 320 g/mol. The van der Waals surface area contributed by atoms with Gasteiger partial charge in [0.25, 0.3) is 0 Å². The van der Waals surface area contributed by atoms with E-state index in [2.05, 4.69) is 41.5 Å². The second-order valence-electron chi connectivity index (χ2n) is 9.24. The van der Waals surface area contributed by atoms with Crippen LogP contribution < -0.4 is 0 Å². The number of hydrogen-bond donors (Lipinski definition) is 0. The third kappa shape index (κ3) is 4.30. The summed E-state index contributed by atoms with van der Waals surface area (Å²) in [6, 6.07) is 0. The van der Waals surface area contributed by atoms with Gasteiger partial charge in [0.05, 0.1) is 0 Å². The van der Waals surface area contributed by atoms with Gasteiger partial charge in [0.15, 0.2) is 11.6 Å². The minimum atomic E-state index is -0.188. The van der Waals surface area contributed by atoms with Gasteiger partial charge in [-0.1, -0.05) is 53.7 Å². The fraction of sp³-hybridized carbons (Fsp3) is 0.417. The van der Waals surface area contributed by atoms with Crippen LogP contribution in [-0.4, -0.2) is 11.6 Å². The molecule has 0 unspecified atom stereocenters. The van der Waals surface area contributed by atoms with Crippen molar-refractivity contribution in [2.24, 2.45) is 10.8 Å². The molecule has 0 amide bonds. The van der Waals surface area contributed by atoms with Crippen molar-refractivity contribution >= 4 is 11.6 Å². The summed E-state index contributed by atoms with van der Waals surface area (Å²) in [4.78, 5) is 24.6. The zero-order chi connectivity index (χ0) is 19.9. The summed E-state index contributed by atoms with van der Waals surface area (Å²) in [7, 11) is 0. The Balaban J connectivity index is 2.49. The molecule has 2 aliphatic carbocycles. The smallest absolute Gasteiger partial charge is 0.182 e. The van der Waals surface area contributed by atoms with E-state index in [-0.39, 0.29) is 22.4 Å². The number of ketones is 2. The lowest BCUT2D eigenvalue weighted by Gasteiger charge is -2.25. The summed E-state index contributed by atoms with van der Waals surface area (Å²) in [5, 5.41) is 0. The number of carbonyl (C=O) groups excluding carboxylic acids is 2. The lowest BCUT2D eigenvalue weighted by molar-refractivity contribution is -0.113. The fourth-order valence-electron chi connectivity index (χ4n) is 3.11. The van der Waals surface area contributed by atoms with Crippen molar-refractivity contribution in [1.29, 1.82) is 0 Å². The molecule has 0 spiro atoms. The van der Waals surface area contributed by atoms with Gasteiger partial charge in [0.1, 0.15) is 0 Å². The van der Waals surface area contributed by atoms with Gasteiger partial charge in [0.2, 0.25) is 0 Å². The van der Waals surface area contributed by atoms with Crippen LogP contribution in [0.5, 0.6) is 0 Å². The number of rotatable bonds is 1. The van der Waals surface area contributed by atoms with Gasteiger partial charge in [-0.2, -0.15) is 0 Å². The molecule has 0 aromatic carbocycles. The SMILES string of the molecule is CC1=CC(=O)C(C(C)(C)C)=C/C1=C/C=C1\C=C(C(C)(C)C)C(=O)C=C1C. The quantitative estimate of drug-likeness (QED) is 0.595. The topological polar surface area (TPSA) is 34.1 Å². The van der Waals surface area contributed by atoms with E-state index in [4.69, 9.17) is 0 Å². The summed E-state index contributed by atoms with van der Waals surface area (Å²) in [5.74, 6) is 0.183. The molecule has 0 saturated heterocycles. The Hall–Kier alpha value is -2.22. The van der Waals surface area contributed by atoms with E-state index in [0.717, 1.165) is 33.4 Å². The highest BCUT2D eigenvalue weighted by Crippen LogP contribution is 2.34. The van der Waals surface area contributed by atoms with E-state index in [1.54, 1.807) is 12.2 Å². The van der Waals surface area contributed by atoms with Gasteiger partial charge < -0.3 is 0 Å². The summed E-state index contributed by atoms with van der Waals surface area (Å²) in [6.45, 7) is 16.2. The van der Waals surface area contributed by atoms with Crippen molar-refractivity contribution in [2.45, 2.75) is 55.4 Å². The van der Waals surface area contributed by atoms with Gasteiger partial charge >= 0.3 is 0 Å². The summed E-state index contributed by atoms with van der Waals surface area (Å²) in [6.07, 6.45) is 11.5. The van der Waals surface area contributed by atoms with Crippen molar-refractivity contribution in [1.82, 2.24) is 0 Å². The summed E-state index contributed by atoms with van der Waals surface area (Å²) < 4.78 is 0. The fourth-order valence-corrected chi connectivity index (χ4v) is 3.11. The van der Waals surface area contributed by atoms with Gasteiger partial charge in [-0.05, 0) is 71.3 Å². The first-order valence-electron chi connectivity index (χ1n) is 9.13. The molecule has 0 aliphatic heterocycles. The van der Waals surface area contributed by atoms with E-state index in [1.165, 1.54) is 0 Å². The van der Waals surface area contributed by atoms with E-state index >= 15 is 0 Å². The predicted molar refractivity (Wildman–Crippen MR) is 109 cm³/mol. The molecule has 0 saturated carbocycles. The average molecular weight is 351 g/mol. The van der Waals surface area contributed by atoms with Gasteiger partial charge in [-0.3, -0.25) is 9.59 Å². The largest absolute Gasteiger partial charge is 0.290 e. The highest BCUT2D eigenvalue weighted by atomic mass is 16.1. The van der Waals surface area contributed by atoms with Crippen molar-refractivity contribution in [3.8, 4) is 0 Å². The molecule has 2 rings (SSSR count). The van der Waals surface area contributed by atoms with Gasteiger partial charge in [-0.25, -0.2) is 0 Å². The molecule has 0 atom stereocenters. The number of hydrogen-bond acceptors (Lipinski definition) is 2. The Morgan fingerprint density at radius 2 is 0.923 bits per heavy atom. The zero-order valence-corrected chi connectivity index (χ0v) is 17.3. The highest BCUT2D eigenvalue weighted by molar-refractivity contribution is 6.08. The Morgan fingerprint density at radius 3 is 1.19 bits per heavy atom.